The lowest BCUT2D eigenvalue weighted by Crippen LogP contribution is -2.45. The Labute approximate surface area is 279 Å². The van der Waals surface area contributed by atoms with Crippen molar-refractivity contribution >= 4 is 11.9 Å². The SMILES string of the molecule is O=C(C1CCNCC1)N1CCC(COc2cccc(C(O)(C(=O)OCC3CCN(Cc4ccccc4)CC3)c3ccccc3)c2)CC1. The summed E-state index contributed by atoms with van der Waals surface area (Å²) >= 11 is 0. The van der Waals surface area contributed by atoms with Crippen molar-refractivity contribution in [1.82, 2.24) is 15.1 Å². The molecular formula is C39H49N3O5. The topological polar surface area (TPSA) is 91.3 Å². The lowest BCUT2D eigenvalue weighted by atomic mass is 9.86. The first-order valence-corrected chi connectivity index (χ1v) is 17.4. The van der Waals surface area contributed by atoms with Crippen molar-refractivity contribution < 1.29 is 24.2 Å². The van der Waals surface area contributed by atoms with Gasteiger partial charge in [0.15, 0.2) is 0 Å². The summed E-state index contributed by atoms with van der Waals surface area (Å²) in [5.74, 6) is 0.982. The lowest BCUT2D eigenvalue weighted by molar-refractivity contribution is -0.164. The van der Waals surface area contributed by atoms with Gasteiger partial charge in [0.25, 0.3) is 0 Å². The van der Waals surface area contributed by atoms with Gasteiger partial charge in [0.05, 0.1) is 13.2 Å². The van der Waals surface area contributed by atoms with Gasteiger partial charge in [-0.15, -0.1) is 0 Å². The highest BCUT2D eigenvalue weighted by molar-refractivity contribution is 5.85. The first kappa shape index (κ1) is 33.2. The molecule has 1 unspecified atom stereocenters. The highest BCUT2D eigenvalue weighted by Gasteiger charge is 2.42. The molecule has 0 aliphatic carbocycles. The number of benzene rings is 3. The number of hydrogen-bond donors (Lipinski definition) is 2. The van der Waals surface area contributed by atoms with Crippen LogP contribution in [-0.4, -0.2) is 79.3 Å². The van der Waals surface area contributed by atoms with Crippen molar-refractivity contribution in [2.24, 2.45) is 17.8 Å². The van der Waals surface area contributed by atoms with Crippen LogP contribution in [0.4, 0.5) is 0 Å². The molecular weight excluding hydrogens is 590 g/mol. The Balaban J connectivity index is 1.04. The van der Waals surface area contributed by atoms with Gasteiger partial charge < -0.3 is 24.8 Å². The quantitative estimate of drug-likeness (QED) is 0.286. The average molecular weight is 640 g/mol. The van der Waals surface area contributed by atoms with Crippen LogP contribution in [0.3, 0.4) is 0 Å². The van der Waals surface area contributed by atoms with Crippen molar-refractivity contribution in [3.05, 3.63) is 102 Å². The summed E-state index contributed by atoms with van der Waals surface area (Å²) in [4.78, 5) is 31.2. The summed E-state index contributed by atoms with van der Waals surface area (Å²) in [6.45, 7) is 7.01. The van der Waals surface area contributed by atoms with E-state index in [2.05, 4.69) is 34.5 Å². The van der Waals surface area contributed by atoms with E-state index < -0.39 is 11.6 Å². The number of hydrogen-bond acceptors (Lipinski definition) is 7. The molecule has 0 saturated carbocycles. The van der Waals surface area contributed by atoms with E-state index in [1.807, 2.05) is 41.3 Å². The van der Waals surface area contributed by atoms with Crippen molar-refractivity contribution in [3.8, 4) is 5.75 Å². The molecule has 3 fully saturated rings. The first-order chi connectivity index (χ1) is 23.0. The van der Waals surface area contributed by atoms with E-state index in [0.717, 1.165) is 84.3 Å². The third-order valence-electron chi connectivity index (χ3n) is 10.2. The number of amides is 1. The molecule has 0 radical (unpaired) electrons. The smallest absolute Gasteiger partial charge is 0.347 e. The number of rotatable bonds is 11. The Bertz CT molecular complexity index is 1430. The lowest BCUT2D eigenvalue weighted by Gasteiger charge is -2.35. The van der Waals surface area contributed by atoms with E-state index in [4.69, 9.17) is 9.47 Å². The second-order valence-corrected chi connectivity index (χ2v) is 13.5. The number of aliphatic hydroxyl groups is 1. The number of nitrogens with zero attached hydrogens (tertiary/aromatic N) is 2. The van der Waals surface area contributed by atoms with Gasteiger partial charge in [-0.1, -0.05) is 72.8 Å². The van der Waals surface area contributed by atoms with Crippen molar-refractivity contribution in [1.29, 1.82) is 0 Å². The number of carbonyl (C=O) groups is 2. The molecule has 8 nitrogen and oxygen atoms in total. The number of carbonyl (C=O) groups excluding carboxylic acids is 2. The van der Waals surface area contributed by atoms with E-state index in [0.29, 0.717) is 35.3 Å². The molecule has 0 bridgehead atoms. The van der Waals surface area contributed by atoms with Crippen LogP contribution >= 0.6 is 0 Å². The molecule has 3 heterocycles. The Morgan fingerprint density at radius 3 is 2.06 bits per heavy atom. The molecule has 3 aliphatic heterocycles. The maximum atomic E-state index is 13.8. The molecule has 3 aromatic carbocycles. The van der Waals surface area contributed by atoms with Crippen LogP contribution in [0.5, 0.6) is 5.75 Å². The fourth-order valence-electron chi connectivity index (χ4n) is 7.20. The summed E-state index contributed by atoms with van der Waals surface area (Å²) in [7, 11) is 0. The number of likely N-dealkylation sites (tertiary alicyclic amines) is 2. The van der Waals surface area contributed by atoms with Crippen molar-refractivity contribution in [3.63, 3.8) is 0 Å². The second kappa shape index (κ2) is 15.9. The zero-order valence-corrected chi connectivity index (χ0v) is 27.4. The molecule has 2 N–H and O–H groups in total. The van der Waals surface area contributed by atoms with E-state index in [1.165, 1.54) is 5.56 Å². The Morgan fingerprint density at radius 1 is 0.745 bits per heavy atom. The predicted molar refractivity (Wildman–Crippen MR) is 182 cm³/mol. The molecule has 47 heavy (non-hydrogen) atoms. The predicted octanol–water partition coefficient (Wildman–Crippen LogP) is 4.99. The first-order valence-electron chi connectivity index (χ1n) is 17.4. The van der Waals surface area contributed by atoms with Gasteiger partial charge in [-0.2, -0.15) is 0 Å². The minimum absolute atomic E-state index is 0.153. The monoisotopic (exact) mass is 639 g/mol. The van der Waals surface area contributed by atoms with Gasteiger partial charge in [-0.05, 0) is 99.8 Å². The summed E-state index contributed by atoms with van der Waals surface area (Å²) in [5, 5.41) is 15.4. The van der Waals surface area contributed by atoms with Crippen molar-refractivity contribution in [2.45, 2.75) is 50.7 Å². The largest absolute Gasteiger partial charge is 0.493 e. The Morgan fingerprint density at radius 2 is 1.36 bits per heavy atom. The number of esters is 1. The summed E-state index contributed by atoms with van der Waals surface area (Å²) < 4.78 is 12.1. The highest BCUT2D eigenvalue weighted by Crippen LogP contribution is 2.34. The van der Waals surface area contributed by atoms with Crippen LogP contribution in [-0.2, 0) is 26.5 Å². The van der Waals surface area contributed by atoms with Gasteiger partial charge in [0.1, 0.15) is 5.75 Å². The van der Waals surface area contributed by atoms with Crippen LogP contribution in [0, 0.1) is 17.8 Å². The molecule has 1 atom stereocenters. The standard InChI is InChI=1S/C39H49N3O5/c43-37(33-14-20-40-21-15-33)42-24-18-32(19-25-42)28-46-36-13-7-12-35(26-36)39(45,34-10-5-2-6-11-34)38(44)47-29-31-16-22-41(23-17-31)27-30-8-3-1-4-9-30/h1-13,26,31-33,40,45H,14-25,27-29H2. The second-order valence-electron chi connectivity index (χ2n) is 13.5. The van der Waals surface area contributed by atoms with E-state index in [-0.39, 0.29) is 18.4 Å². The maximum Gasteiger partial charge on any atom is 0.347 e. The van der Waals surface area contributed by atoms with Crippen LogP contribution < -0.4 is 10.1 Å². The van der Waals surface area contributed by atoms with E-state index >= 15 is 0 Å². The van der Waals surface area contributed by atoms with Gasteiger partial charge in [-0.25, -0.2) is 4.79 Å². The number of piperidine rings is 3. The van der Waals surface area contributed by atoms with Gasteiger partial charge in [0, 0.05) is 31.1 Å². The molecule has 1 amide bonds. The summed E-state index contributed by atoms with van der Waals surface area (Å²) in [5.41, 5.74) is 0.230. The minimum atomic E-state index is -1.96. The Hall–Kier alpha value is -3.72. The summed E-state index contributed by atoms with van der Waals surface area (Å²) in [6.07, 6.45) is 5.55. The Kier molecular flexibility index (Phi) is 11.2. The average Bonchev–Trinajstić information content (AvgIpc) is 3.14. The summed E-state index contributed by atoms with van der Waals surface area (Å²) in [6, 6.07) is 26.7. The van der Waals surface area contributed by atoms with Crippen LogP contribution in [0.2, 0.25) is 0 Å². The number of ether oxygens (including phenoxy) is 2. The van der Waals surface area contributed by atoms with Crippen molar-refractivity contribution in [2.75, 3.05) is 52.5 Å². The zero-order chi connectivity index (χ0) is 32.5. The normalized spacial score (nSPS) is 20.0. The molecule has 3 saturated heterocycles. The third kappa shape index (κ3) is 8.42. The maximum absolute atomic E-state index is 13.8. The van der Waals surface area contributed by atoms with Crippen LogP contribution in [0.15, 0.2) is 84.9 Å². The number of nitrogens with one attached hydrogen (secondary N) is 1. The van der Waals surface area contributed by atoms with Gasteiger partial charge >= 0.3 is 5.97 Å². The van der Waals surface area contributed by atoms with E-state index in [1.54, 1.807) is 24.3 Å². The fraction of sp³-hybridized carbons (Fsp3) is 0.487. The van der Waals surface area contributed by atoms with Gasteiger partial charge in [-0.3, -0.25) is 9.69 Å². The fourth-order valence-corrected chi connectivity index (χ4v) is 7.20. The van der Waals surface area contributed by atoms with E-state index in [9.17, 15) is 14.7 Å². The molecule has 3 aliphatic rings. The minimum Gasteiger partial charge on any atom is -0.493 e. The molecule has 3 aromatic rings. The third-order valence-corrected chi connectivity index (χ3v) is 10.2. The zero-order valence-electron chi connectivity index (χ0n) is 27.4. The molecule has 8 heteroatoms. The molecule has 0 spiro atoms. The molecule has 0 aromatic heterocycles. The highest BCUT2D eigenvalue weighted by atomic mass is 16.5. The molecule has 6 rings (SSSR count). The molecule has 250 valence electrons. The van der Waals surface area contributed by atoms with Crippen LogP contribution in [0.25, 0.3) is 0 Å². The van der Waals surface area contributed by atoms with Gasteiger partial charge in [0.2, 0.25) is 11.5 Å². The van der Waals surface area contributed by atoms with Crippen LogP contribution in [0.1, 0.15) is 55.2 Å².